The highest BCUT2D eigenvalue weighted by molar-refractivity contribution is 8.15. The van der Waals surface area contributed by atoms with Crippen molar-refractivity contribution in [1.82, 2.24) is 4.90 Å². The van der Waals surface area contributed by atoms with Crippen LogP contribution in [0.3, 0.4) is 0 Å². The molecule has 1 aromatic carbocycles. The Labute approximate surface area is 151 Å². The molecule has 1 aromatic rings. The topological polar surface area (TPSA) is 85.3 Å². The van der Waals surface area contributed by atoms with Gasteiger partial charge in [-0.1, -0.05) is 23.9 Å². The number of rotatable bonds is 5. The Morgan fingerprint density at radius 1 is 1.28 bits per heavy atom. The zero-order valence-electron chi connectivity index (χ0n) is 14.0. The Hall–Kier alpha value is -1.58. The Kier molecular flexibility index (Phi) is 5.35. The first kappa shape index (κ1) is 18.2. The smallest absolute Gasteiger partial charge is 0.274 e. The van der Waals surface area contributed by atoms with E-state index in [0.717, 1.165) is 11.3 Å². The molecule has 0 radical (unpaired) electrons. The van der Waals surface area contributed by atoms with Crippen molar-refractivity contribution in [3.05, 3.63) is 29.8 Å². The fraction of sp³-hybridized carbons (Fsp3) is 0.500. The van der Waals surface area contributed by atoms with Crippen molar-refractivity contribution in [2.24, 2.45) is 4.99 Å². The fourth-order valence-corrected chi connectivity index (χ4v) is 6.98. The first-order valence-corrected chi connectivity index (χ1v) is 10.5. The van der Waals surface area contributed by atoms with Gasteiger partial charge in [0.2, 0.25) is 0 Å². The van der Waals surface area contributed by atoms with Gasteiger partial charge < -0.3 is 14.4 Å². The number of hydrogen-bond acceptors (Lipinski definition) is 6. The minimum Gasteiger partial charge on any atom is -0.497 e. The van der Waals surface area contributed by atoms with Gasteiger partial charge in [0.1, 0.15) is 12.4 Å². The molecule has 0 N–H and O–H groups in total. The van der Waals surface area contributed by atoms with Crippen LogP contribution < -0.4 is 4.74 Å². The number of carbonyl (C=O) groups excluding carboxylic acids is 1. The third-order valence-electron chi connectivity index (χ3n) is 4.17. The monoisotopic (exact) mass is 384 g/mol. The summed E-state index contributed by atoms with van der Waals surface area (Å²) in [4.78, 5) is 17.9. The molecule has 2 aliphatic heterocycles. The van der Waals surface area contributed by atoms with Crippen molar-refractivity contribution in [1.29, 1.82) is 0 Å². The lowest BCUT2D eigenvalue weighted by molar-refractivity contribution is -0.121. The number of thioether (sulfide) groups is 1. The average Bonchev–Trinajstić information content (AvgIpc) is 3.01. The van der Waals surface area contributed by atoms with E-state index < -0.39 is 9.84 Å². The summed E-state index contributed by atoms with van der Waals surface area (Å²) in [6.45, 7) is 0.404. The van der Waals surface area contributed by atoms with Crippen molar-refractivity contribution in [3.8, 4) is 5.75 Å². The molecule has 0 spiro atoms. The zero-order valence-corrected chi connectivity index (χ0v) is 15.7. The highest BCUT2D eigenvalue weighted by Crippen LogP contribution is 2.39. The molecule has 0 aliphatic carbocycles. The van der Waals surface area contributed by atoms with Crippen LogP contribution in [-0.2, 0) is 25.9 Å². The van der Waals surface area contributed by atoms with E-state index in [4.69, 9.17) is 9.47 Å². The maximum Gasteiger partial charge on any atom is 0.274 e. The summed E-state index contributed by atoms with van der Waals surface area (Å²) < 4.78 is 33.9. The van der Waals surface area contributed by atoms with Crippen molar-refractivity contribution in [2.75, 3.05) is 32.3 Å². The number of sulfone groups is 1. The molecular formula is C16H20N2O5S2. The Balaban J connectivity index is 1.84. The molecule has 2 atom stereocenters. The average molecular weight is 384 g/mol. The number of fused-ring (bicyclic) bond motifs is 1. The summed E-state index contributed by atoms with van der Waals surface area (Å²) in [6.07, 6.45) is 0. The van der Waals surface area contributed by atoms with Crippen LogP contribution in [0.2, 0.25) is 0 Å². The molecule has 0 aromatic heterocycles. The van der Waals surface area contributed by atoms with Crippen molar-refractivity contribution in [2.45, 2.75) is 17.8 Å². The van der Waals surface area contributed by atoms with Gasteiger partial charge in [-0.2, -0.15) is 4.99 Å². The summed E-state index contributed by atoms with van der Waals surface area (Å²) in [5, 5.41) is 0.486. The van der Waals surface area contributed by atoms with Gasteiger partial charge >= 0.3 is 0 Å². The van der Waals surface area contributed by atoms with Crippen molar-refractivity contribution < 1.29 is 22.7 Å². The van der Waals surface area contributed by atoms with Gasteiger partial charge in [0.05, 0.1) is 24.7 Å². The minimum absolute atomic E-state index is 0.0858. The van der Waals surface area contributed by atoms with E-state index in [-0.39, 0.29) is 35.3 Å². The van der Waals surface area contributed by atoms with Gasteiger partial charge in [0.15, 0.2) is 15.0 Å². The van der Waals surface area contributed by atoms with Gasteiger partial charge in [0.25, 0.3) is 5.91 Å². The van der Waals surface area contributed by atoms with Gasteiger partial charge in [-0.15, -0.1) is 0 Å². The quantitative estimate of drug-likeness (QED) is 0.747. The molecule has 2 heterocycles. The first-order chi connectivity index (χ1) is 11.9. The highest BCUT2D eigenvalue weighted by atomic mass is 32.2. The van der Waals surface area contributed by atoms with Crippen LogP contribution in [0, 0.1) is 0 Å². The largest absolute Gasteiger partial charge is 0.497 e. The second kappa shape index (κ2) is 7.35. The molecule has 9 heteroatoms. The van der Waals surface area contributed by atoms with Gasteiger partial charge in [-0.25, -0.2) is 8.42 Å². The Morgan fingerprint density at radius 3 is 2.64 bits per heavy atom. The van der Waals surface area contributed by atoms with Crippen molar-refractivity contribution >= 4 is 32.7 Å². The number of amides is 1. The summed E-state index contributed by atoms with van der Waals surface area (Å²) in [7, 11) is -0.00638. The molecule has 25 heavy (non-hydrogen) atoms. The summed E-state index contributed by atoms with van der Waals surface area (Å²) in [5.74, 6) is 0.606. The van der Waals surface area contributed by atoms with Crippen LogP contribution in [0.15, 0.2) is 29.3 Å². The third-order valence-corrected chi connectivity index (χ3v) is 7.42. The molecule has 2 aliphatic rings. The predicted molar refractivity (Wildman–Crippen MR) is 96.7 cm³/mol. The highest BCUT2D eigenvalue weighted by Gasteiger charge is 2.48. The van der Waals surface area contributed by atoms with Gasteiger partial charge in [0, 0.05) is 18.9 Å². The molecule has 136 valence electrons. The summed E-state index contributed by atoms with van der Waals surface area (Å²) in [6, 6.07) is 7.40. The number of nitrogens with zero attached hydrogens (tertiary/aromatic N) is 2. The number of ether oxygens (including phenoxy) is 2. The van der Waals surface area contributed by atoms with Crippen molar-refractivity contribution in [3.63, 3.8) is 0 Å². The number of amidine groups is 1. The van der Waals surface area contributed by atoms with Crippen LogP contribution in [0.1, 0.15) is 5.56 Å². The molecule has 3 rings (SSSR count). The number of aliphatic imine (C=N–C) groups is 1. The maximum absolute atomic E-state index is 12.0. The van der Waals surface area contributed by atoms with E-state index in [9.17, 15) is 13.2 Å². The molecular weight excluding hydrogens is 364 g/mol. The zero-order chi connectivity index (χ0) is 18.0. The summed E-state index contributed by atoms with van der Waals surface area (Å²) >= 11 is 1.37. The summed E-state index contributed by atoms with van der Waals surface area (Å²) in [5.41, 5.74) is 0.998. The van der Waals surface area contributed by atoms with E-state index in [1.54, 1.807) is 7.11 Å². The molecule has 7 nitrogen and oxygen atoms in total. The van der Waals surface area contributed by atoms with Gasteiger partial charge in [-0.05, 0) is 17.7 Å². The normalized spacial score (nSPS) is 26.0. The van der Waals surface area contributed by atoms with Crippen LogP contribution in [-0.4, -0.2) is 68.0 Å². The minimum atomic E-state index is -3.05. The van der Waals surface area contributed by atoms with Gasteiger partial charge in [-0.3, -0.25) is 4.79 Å². The number of hydrogen-bond donors (Lipinski definition) is 0. The Morgan fingerprint density at radius 2 is 2.00 bits per heavy atom. The predicted octanol–water partition coefficient (Wildman–Crippen LogP) is 0.939. The second-order valence-corrected chi connectivity index (χ2v) is 9.36. The standard InChI is InChI=1S/C16H20N2O5S2/c1-22-8-15(19)17-16-18(7-11-3-5-12(23-2)6-4-11)13-9-25(20,21)10-14(13)24-16/h3-6,13-14H,7-10H2,1-2H3/t13-,14+/m0/s1. The molecule has 0 bridgehead atoms. The van der Waals surface area contributed by atoms with Crippen LogP contribution in [0.25, 0.3) is 0 Å². The Bertz CT molecular complexity index is 776. The van der Waals surface area contributed by atoms with Crippen LogP contribution in [0.4, 0.5) is 0 Å². The number of carbonyl (C=O) groups is 1. The van der Waals surface area contributed by atoms with Crippen LogP contribution >= 0.6 is 11.8 Å². The van der Waals surface area contributed by atoms with E-state index in [0.29, 0.717) is 11.7 Å². The molecule has 0 saturated carbocycles. The molecule has 0 unspecified atom stereocenters. The van der Waals surface area contributed by atoms with E-state index in [2.05, 4.69) is 4.99 Å². The molecule has 2 saturated heterocycles. The lowest BCUT2D eigenvalue weighted by Gasteiger charge is -2.24. The molecule has 2 fully saturated rings. The SMILES string of the molecule is COCC(=O)N=C1S[C@@H]2CS(=O)(=O)C[C@@H]2N1Cc1ccc(OC)cc1. The fourth-order valence-electron chi connectivity index (χ4n) is 3.01. The van der Waals surface area contributed by atoms with E-state index >= 15 is 0 Å². The van der Waals surface area contributed by atoms with E-state index in [1.165, 1.54) is 18.9 Å². The van der Waals surface area contributed by atoms with E-state index in [1.807, 2.05) is 29.2 Å². The second-order valence-electron chi connectivity index (χ2n) is 6.00. The number of benzene rings is 1. The lowest BCUT2D eigenvalue weighted by atomic mass is 10.1. The lowest BCUT2D eigenvalue weighted by Crippen LogP contribution is -2.37. The van der Waals surface area contributed by atoms with Crippen LogP contribution in [0.5, 0.6) is 5.75 Å². The maximum atomic E-state index is 12.0. The molecule has 1 amide bonds. The third kappa shape index (κ3) is 4.16. The number of methoxy groups -OCH3 is 2. The first-order valence-electron chi connectivity index (χ1n) is 7.79.